The van der Waals surface area contributed by atoms with E-state index in [2.05, 4.69) is 11.1 Å². The fraction of sp³-hybridized carbons (Fsp3) is 0.364. The fourth-order valence-electron chi connectivity index (χ4n) is 3.90. The number of rotatable bonds is 6. The van der Waals surface area contributed by atoms with Crippen molar-refractivity contribution in [2.24, 2.45) is 0 Å². The van der Waals surface area contributed by atoms with E-state index in [0.717, 1.165) is 31.5 Å². The average molecular weight is 496 g/mol. The second-order valence-electron chi connectivity index (χ2n) is 8.06. The number of nitrogens with zero attached hydrogens (tertiary/aromatic N) is 3. The van der Waals surface area contributed by atoms with Gasteiger partial charge < -0.3 is 9.30 Å². The van der Waals surface area contributed by atoms with Gasteiger partial charge >= 0.3 is 6.18 Å². The molecule has 1 aliphatic carbocycles. The van der Waals surface area contributed by atoms with Crippen LogP contribution < -0.4 is 9.46 Å². The maximum Gasteiger partial charge on any atom is 0.404 e. The number of sulfonamides is 1. The van der Waals surface area contributed by atoms with Gasteiger partial charge in [-0.2, -0.15) is 23.2 Å². The first-order valence-electron chi connectivity index (χ1n) is 10.3. The van der Waals surface area contributed by atoms with Gasteiger partial charge in [0.25, 0.3) is 0 Å². The number of halogens is 4. The van der Waals surface area contributed by atoms with Gasteiger partial charge in [-0.05, 0) is 44.4 Å². The molecular formula is C22H20F4N4O3S. The van der Waals surface area contributed by atoms with Crippen molar-refractivity contribution in [3.8, 4) is 23.2 Å². The van der Waals surface area contributed by atoms with E-state index in [1.165, 1.54) is 25.3 Å². The molecule has 12 heteroatoms. The SMILES string of the molecule is COc1cc2c(cc1F)c(C#N)c(-c1ccc(S(=O)(=O)N[C@@H](C)C(F)(F)F)cn1)n2C1CCC1. The number of hydrogen-bond donors (Lipinski definition) is 1. The lowest BCUT2D eigenvalue weighted by Gasteiger charge is -2.30. The summed E-state index contributed by atoms with van der Waals surface area (Å²) in [5.41, 5.74) is 1.36. The van der Waals surface area contributed by atoms with Crippen molar-refractivity contribution in [2.75, 3.05) is 7.11 Å². The lowest BCUT2D eigenvalue weighted by Crippen LogP contribution is -2.42. The molecule has 0 unspecified atom stereocenters. The van der Waals surface area contributed by atoms with Crippen molar-refractivity contribution in [2.45, 2.75) is 49.3 Å². The predicted octanol–water partition coefficient (Wildman–Crippen LogP) is 4.68. The first-order chi connectivity index (χ1) is 16.0. The minimum absolute atomic E-state index is 0.0147. The summed E-state index contributed by atoms with van der Waals surface area (Å²) in [5, 5.41) is 10.2. The van der Waals surface area contributed by atoms with E-state index in [1.54, 1.807) is 4.72 Å². The van der Waals surface area contributed by atoms with Gasteiger partial charge in [0.05, 0.1) is 29.6 Å². The van der Waals surface area contributed by atoms with Gasteiger partial charge in [0.15, 0.2) is 11.6 Å². The van der Waals surface area contributed by atoms with Crippen LogP contribution in [0.5, 0.6) is 5.75 Å². The topological polar surface area (TPSA) is 97.0 Å². The van der Waals surface area contributed by atoms with Crippen molar-refractivity contribution >= 4 is 20.9 Å². The Morgan fingerprint density at radius 2 is 2.00 bits per heavy atom. The van der Waals surface area contributed by atoms with E-state index in [4.69, 9.17) is 4.74 Å². The van der Waals surface area contributed by atoms with E-state index in [1.807, 2.05) is 4.57 Å². The molecule has 2 heterocycles. The van der Waals surface area contributed by atoms with E-state index in [0.29, 0.717) is 23.5 Å². The molecule has 180 valence electrons. The number of aromatic nitrogens is 2. The molecule has 0 spiro atoms. The third-order valence-electron chi connectivity index (χ3n) is 5.94. The molecule has 1 fully saturated rings. The van der Waals surface area contributed by atoms with Crippen LogP contribution in [0.3, 0.4) is 0 Å². The van der Waals surface area contributed by atoms with Crippen LogP contribution in [0.25, 0.3) is 22.3 Å². The van der Waals surface area contributed by atoms with Gasteiger partial charge in [-0.15, -0.1) is 0 Å². The second kappa shape index (κ2) is 8.56. The van der Waals surface area contributed by atoms with Crippen LogP contribution in [0.2, 0.25) is 0 Å². The molecule has 1 atom stereocenters. The molecule has 0 amide bonds. The van der Waals surface area contributed by atoms with Crippen LogP contribution in [-0.2, 0) is 10.0 Å². The van der Waals surface area contributed by atoms with E-state index < -0.39 is 33.0 Å². The average Bonchev–Trinajstić information content (AvgIpc) is 3.03. The van der Waals surface area contributed by atoms with Gasteiger partial charge in [-0.25, -0.2) is 12.8 Å². The Hall–Kier alpha value is -3.17. The Morgan fingerprint density at radius 1 is 1.29 bits per heavy atom. The highest BCUT2D eigenvalue weighted by molar-refractivity contribution is 7.89. The van der Waals surface area contributed by atoms with Crippen molar-refractivity contribution in [1.29, 1.82) is 5.26 Å². The molecule has 1 saturated carbocycles. The molecule has 0 radical (unpaired) electrons. The smallest absolute Gasteiger partial charge is 0.404 e. The summed E-state index contributed by atoms with van der Waals surface area (Å²) in [7, 11) is -3.15. The summed E-state index contributed by atoms with van der Waals surface area (Å²) in [6, 6.07) is 5.00. The van der Waals surface area contributed by atoms with E-state index >= 15 is 0 Å². The van der Waals surface area contributed by atoms with Gasteiger partial charge in [0, 0.05) is 23.7 Å². The number of ether oxygens (including phenoxy) is 1. The number of methoxy groups -OCH3 is 1. The zero-order valence-corrected chi connectivity index (χ0v) is 19.0. The Morgan fingerprint density at radius 3 is 2.50 bits per heavy atom. The molecule has 0 bridgehead atoms. The van der Waals surface area contributed by atoms with Gasteiger partial charge in [-0.1, -0.05) is 0 Å². The lowest BCUT2D eigenvalue weighted by molar-refractivity contribution is -0.147. The van der Waals surface area contributed by atoms with E-state index in [9.17, 15) is 31.2 Å². The molecule has 1 N–H and O–H groups in total. The molecular weight excluding hydrogens is 476 g/mol. The molecule has 3 aromatic rings. The Balaban J connectivity index is 1.83. The summed E-state index contributed by atoms with van der Waals surface area (Å²) in [6.45, 7) is 0.697. The molecule has 0 aliphatic heterocycles. The van der Waals surface area contributed by atoms with Crippen molar-refractivity contribution < 1.29 is 30.7 Å². The van der Waals surface area contributed by atoms with Crippen LogP contribution in [0.1, 0.15) is 37.8 Å². The summed E-state index contributed by atoms with van der Waals surface area (Å²) >= 11 is 0. The normalized spacial score (nSPS) is 15.7. The van der Waals surface area contributed by atoms with Crippen molar-refractivity contribution in [3.63, 3.8) is 0 Å². The zero-order valence-electron chi connectivity index (χ0n) is 18.1. The summed E-state index contributed by atoms with van der Waals surface area (Å²) in [4.78, 5) is 3.70. The minimum Gasteiger partial charge on any atom is -0.494 e. The van der Waals surface area contributed by atoms with E-state index in [-0.39, 0.29) is 23.0 Å². The zero-order chi connectivity index (χ0) is 24.8. The molecule has 0 saturated heterocycles. The quantitative estimate of drug-likeness (QED) is 0.500. The molecule has 4 rings (SSSR count). The molecule has 1 aromatic carbocycles. The number of fused-ring (bicyclic) bond motifs is 1. The Kier molecular flexibility index (Phi) is 6.03. The number of nitrogens with one attached hydrogen (secondary N) is 1. The van der Waals surface area contributed by atoms with Crippen LogP contribution in [0, 0.1) is 17.1 Å². The maximum absolute atomic E-state index is 14.4. The highest BCUT2D eigenvalue weighted by Crippen LogP contribution is 2.43. The third kappa shape index (κ3) is 4.10. The monoisotopic (exact) mass is 496 g/mol. The molecule has 1 aliphatic rings. The largest absolute Gasteiger partial charge is 0.494 e. The van der Waals surface area contributed by atoms with Gasteiger partial charge in [-0.3, -0.25) is 4.98 Å². The number of alkyl halides is 3. The van der Waals surface area contributed by atoms with Crippen LogP contribution in [-0.4, -0.2) is 37.3 Å². The summed E-state index contributed by atoms with van der Waals surface area (Å²) in [5.74, 6) is -0.621. The van der Waals surface area contributed by atoms with Crippen molar-refractivity contribution in [1.82, 2.24) is 14.3 Å². The Labute approximate surface area is 193 Å². The second-order valence-corrected chi connectivity index (χ2v) is 9.77. The summed E-state index contributed by atoms with van der Waals surface area (Å²) in [6.07, 6.45) is -1.19. The molecule has 7 nitrogen and oxygen atoms in total. The molecule has 34 heavy (non-hydrogen) atoms. The number of pyridine rings is 1. The third-order valence-corrected chi connectivity index (χ3v) is 7.47. The van der Waals surface area contributed by atoms with Crippen LogP contribution in [0.4, 0.5) is 17.6 Å². The number of nitriles is 1. The predicted molar refractivity (Wildman–Crippen MR) is 115 cm³/mol. The Bertz CT molecular complexity index is 1390. The first kappa shape index (κ1) is 24.0. The number of benzene rings is 1. The summed E-state index contributed by atoms with van der Waals surface area (Å²) < 4.78 is 86.1. The van der Waals surface area contributed by atoms with Crippen LogP contribution >= 0.6 is 0 Å². The van der Waals surface area contributed by atoms with Crippen LogP contribution in [0.15, 0.2) is 35.4 Å². The first-order valence-corrected chi connectivity index (χ1v) is 11.8. The highest BCUT2D eigenvalue weighted by atomic mass is 32.2. The maximum atomic E-state index is 14.4. The lowest BCUT2D eigenvalue weighted by atomic mass is 9.92. The highest BCUT2D eigenvalue weighted by Gasteiger charge is 2.39. The molecule has 2 aromatic heterocycles. The standard InChI is InChI=1S/C22H20F4N4O3S/c1-12(22(24,25)26)29-34(31,32)14-6-7-18(28-11-14)21-16(10-27)15-8-17(23)20(33-2)9-19(15)30(21)13-4-3-5-13/h6-9,11-13,29H,3-5H2,1-2H3/t12-/m0/s1. The minimum atomic E-state index is -4.75. The fourth-order valence-corrected chi connectivity index (χ4v) is 5.08. The van der Waals surface area contributed by atoms with Crippen molar-refractivity contribution in [3.05, 3.63) is 41.8 Å². The number of hydrogen-bond acceptors (Lipinski definition) is 5. The van der Waals surface area contributed by atoms with Gasteiger partial charge in [0.1, 0.15) is 17.0 Å². The van der Waals surface area contributed by atoms with Gasteiger partial charge in [0.2, 0.25) is 10.0 Å².